The lowest BCUT2D eigenvalue weighted by molar-refractivity contribution is -0.137. The third kappa shape index (κ3) is 6.31. The summed E-state index contributed by atoms with van der Waals surface area (Å²) < 4.78 is 45.4. The van der Waals surface area contributed by atoms with Crippen molar-refractivity contribution in [2.45, 2.75) is 51.4 Å². The fraction of sp³-hybridized carbons (Fsp3) is 0.462. The molecule has 0 bridgehead atoms. The number of alkyl halides is 3. The first kappa shape index (κ1) is 28.8. The number of nitriles is 1. The number of anilines is 2. The maximum absolute atomic E-state index is 13.4. The molecule has 0 atom stereocenters. The van der Waals surface area contributed by atoms with Crippen LogP contribution in [0.4, 0.5) is 24.7 Å². The molecule has 14 heteroatoms. The van der Waals surface area contributed by atoms with Crippen molar-refractivity contribution in [3.8, 4) is 6.07 Å². The zero-order valence-electron chi connectivity index (χ0n) is 22.0. The topological polar surface area (TPSA) is 162 Å². The van der Waals surface area contributed by atoms with Gasteiger partial charge in [-0.1, -0.05) is 0 Å². The average Bonchev–Trinajstić information content (AvgIpc) is 2.91. The van der Waals surface area contributed by atoms with E-state index >= 15 is 0 Å². The minimum atomic E-state index is -4.67. The third-order valence-corrected chi connectivity index (χ3v) is 7.21. The van der Waals surface area contributed by atoms with Crippen molar-refractivity contribution < 1.29 is 27.8 Å². The summed E-state index contributed by atoms with van der Waals surface area (Å²) in [7, 11) is 0. The van der Waals surface area contributed by atoms with Crippen LogP contribution in [0, 0.1) is 28.1 Å². The molecule has 1 aromatic heterocycles. The number of hydrogen-bond acceptors (Lipinski definition) is 9. The zero-order valence-corrected chi connectivity index (χ0v) is 22.0. The van der Waals surface area contributed by atoms with Crippen LogP contribution in [0.25, 0.3) is 0 Å². The van der Waals surface area contributed by atoms with E-state index in [4.69, 9.17) is 20.8 Å². The number of likely N-dealkylation sites (tertiary alicyclic amines) is 1. The van der Waals surface area contributed by atoms with Gasteiger partial charge in [-0.15, -0.1) is 0 Å². The van der Waals surface area contributed by atoms with Crippen LogP contribution in [-0.2, 0) is 28.7 Å². The fourth-order valence-corrected chi connectivity index (χ4v) is 4.95. The number of nitrogens with zero attached hydrogens (tertiary/aromatic N) is 5. The number of fused-ring (bicyclic) bond motifs is 1. The molecule has 2 aliphatic heterocycles. The Morgan fingerprint density at radius 1 is 1.20 bits per heavy atom. The van der Waals surface area contributed by atoms with E-state index in [2.05, 4.69) is 15.3 Å². The van der Waals surface area contributed by atoms with Crippen LogP contribution in [0.5, 0.6) is 0 Å². The van der Waals surface area contributed by atoms with Crippen LogP contribution in [0.3, 0.4) is 0 Å². The maximum Gasteiger partial charge on any atom is 0.417 e. The molecule has 40 heavy (non-hydrogen) atoms. The number of piperidine rings is 1. The molecule has 0 aliphatic carbocycles. The summed E-state index contributed by atoms with van der Waals surface area (Å²) in [6.07, 6.45) is -1.93. The first-order valence-corrected chi connectivity index (χ1v) is 12.6. The molecule has 2 aromatic rings. The molecule has 3 heterocycles. The summed E-state index contributed by atoms with van der Waals surface area (Å²) in [5.74, 6) is -1.12. The number of amidine groups is 1. The molecule has 0 radical (unpaired) electrons. The van der Waals surface area contributed by atoms with Crippen LogP contribution in [0.15, 0.2) is 24.5 Å². The molecule has 11 nitrogen and oxygen atoms in total. The molecule has 0 saturated carbocycles. The Hall–Kier alpha value is -4.25. The number of carbonyl (C=O) groups is 1. The van der Waals surface area contributed by atoms with Gasteiger partial charge in [-0.3, -0.25) is 20.9 Å². The normalized spacial score (nSPS) is 16.1. The lowest BCUT2D eigenvalue weighted by Gasteiger charge is -2.37. The van der Waals surface area contributed by atoms with Gasteiger partial charge in [0.05, 0.1) is 35.0 Å². The van der Waals surface area contributed by atoms with E-state index in [9.17, 15) is 23.1 Å². The summed E-state index contributed by atoms with van der Waals surface area (Å²) in [6.45, 7) is 4.67. The van der Waals surface area contributed by atoms with E-state index in [0.717, 1.165) is 12.1 Å². The molecule has 1 saturated heterocycles. The van der Waals surface area contributed by atoms with E-state index in [-0.39, 0.29) is 18.3 Å². The Morgan fingerprint density at radius 2 is 1.90 bits per heavy atom. The summed E-state index contributed by atoms with van der Waals surface area (Å²) in [5, 5.41) is 38.0. The first-order valence-electron chi connectivity index (χ1n) is 12.6. The van der Waals surface area contributed by atoms with Gasteiger partial charge >= 0.3 is 12.1 Å². The second-order valence-corrected chi connectivity index (χ2v) is 10.3. The van der Waals surface area contributed by atoms with Gasteiger partial charge in [-0.05, 0) is 57.2 Å². The van der Waals surface area contributed by atoms with Gasteiger partial charge in [-0.2, -0.15) is 18.4 Å². The summed E-state index contributed by atoms with van der Waals surface area (Å²) >= 11 is 0. The third-order valence-electron chi connectivity index (χ3n) is 7.21. The van der Waals surface area contributed by atoms with Crippen molar-refractivity contribution in [2.24, 2.45) is 5.92 Å². The van der Waals surface area contributed by atoms with Crippen molar-refractivity contribution in [1.29, 1.82) is 16.1 Å². The number of benzene rings is 1. The predicted octanol–water partition coefficient (Wildman–Crippen LogP) is 3.28. The van der Waals surface area contributed by atoms with Gasteiger partial charge in [0.25, 0.3) is 11.9 Å². The number of amides is 1. The molecule has 1 amide bonds. The maximum atomic E-state index is 13.4. The molecule has 4 rings (SSSR count). The number of ether oxygens (including phenoxy) is 1. The minimum Gasteiger partial charge on any atom is -0.402 e. The zero-order chi connectivity index (χ0) is 29.2. The van der Waals surface area contributed by atoms with E-state index < -0.39 is 40.7 Å². The highest BCUT2D eigenvalue weighted by molar-refractivity contribution is 6.35. The van der Waals surface area contributed by atoms with Gasteiger partial charge in [0.2, 0.25) is 0 Å². The van der Waals surface area contributed by atoms with Gasteiger partial charge in [0, 0.05) is 30.9 Å². The van der Waals surface area contributed by atoms with Crippen molar-refractivity contribution in [3.05, 3.63) is 46.9 Å². The van der Waals surface area contributed by atoms with Gasteiger partial charge in [0.15, 0.2) is 0 Å². The lowest BCUT2D eigenvalue weighted by atomic mass is 9.83. The first-order chi connectivity index (χ1) is 18.8. The second kappa shape index (κ2) is 11.1. The van der Waals surface area contributed by atoms with Gasteiger partial charge in [0.1, 0.15) is 12.1 Å². The summed E-state index contributed by atoms with van der Waals surface area (Å²) in [6, 6.07) is 4.53. The Bertz CT molecular complexity index is 1360. The second-order valence-electron chi connectivity index (χ2n) is 10.3. The Balaban J connectivity index is 1.39. The van der Waals surface area contributed by atoms with Gasteiger partial charge in [-0.25, -0.2) is 9.97 Å². The van der Waals surface area contributed by atoms with Crippen LogP contribution < -0.4 is 10.2 Å². The van der Waals surface area contributed by atoms with E-state index in [0.29, 0.717) is 55.8 Å². The number of hydrogen-bond donors (Lipinski definition) is 4. The van der Waals surface area contributed by atoms with Crippen molar-refractivity contribution in [1.82, 2.24) is 14.9 Å². The Morgan fingerprint density at radius 3 is 2.52 bits per heavy atom. The Kier molecular flexibility index (Phi) is 7.97. The lowest BCUT2D eigenvalue weighted by Crippen LogP contribution is -2.47. The number of aromatic nitrogens is 2. The number of halogens is 3. The average molecular weight is 559 g/mol. The smallest absolute Gasteiger partial charge is 0.402 e. The van der Waals surface area contributed by atoms with Crippen LogP contribution in [0.2, 0.25) is 0 Å². The number of carbonyl (C=O) groups excluding carboxylic acids is 1. The van der Waals surface area contributed by atoms with Crippen molar-refractivity contribution in [2.75, 3.05) is 29.9 Å². The van der Waals surface area contributed by atoms with Gasteiger partial charge < -0.3 is 19.6 Å². The van der Waals surface area contributed by atoms with E-state index in [1.54, 1.807) is 24.8 Å². The van der Waals surface area contributed by atoms with Crippen molar-refractivity contribution >= 4 is 29.3 Å². The van der Waals surface area contributed by atoms with Crippen LogP contribution in [0.1, 0.15) is 49.1 Å². The fourth-order valence-electron chi connectivity index (χ4n) is 4.95. The molecular formula is C26H29F3N8O3. The molecule has 4 N–H and O–H groups in total. The Labute approximate surface area is 228 Å². The quantitative estimate of drug-likeness (QED) is 0.330. The highest BCUT2D eigenvalue weighted by Gasteiger charge is 2.35. The molecule has 212 valence electrons. The minimum absolute atomic E-state index is 0.0371. The molecule has 0 spiro atoms. The largest absolute Gasteiger partial charge is 0.417 e. The molecule has 1 fully saturated rings. The summed E-state index contributed by atoms with van der Waals surface area (Å²) in [5.41, 5.74) is -0.873. The van der Waals surface area contributed by atoms with E-state index in [1.807, 2.05) is 0 Å². The molecule has 1 aromatic carbocycles. The van der Waals surface area contributed by atoms with Crippen LogP contribution >= 0.6 is 0 Å². The standard InChI is InChI=1S/C26H29F3N8O3/c1-25(2,39)16-5-8-36(9-6-16)23(38)21(31)40-24(32)35-22-18-7-10-37(13-20(18)33-14-34-22)17-4-3-15(12-30)19(11-17)26(27,28)29/h3-4,11,14,16,31,39H,5-10,13H2,1-2H3,(H2,32,33,34,35). The predicted molar refractivity (Wildman–Crippen MR) is 139 cm³/mol. The number of nitrogens with one attached hydrogen (secondary N) is 3. The molecule has 0 unspecified atom stereocenters. The highest BCUT2D eigenvalue weighted by Crippen LogP contribution is 2.36. The van der Waals surface area contributed by atoms with E-state index in [1.165, 1.54) is 17.3 Å². The summed E-state index contributed by atoms with van der Waals surface area (Å²) in [4.78, 5) is 24.2. The van der Waals surface area contributed by atoms with Crippen LogP contribution in [-0.4, -0.2) is 63.0 Å². The SMILES string of the molecule is CC(C)(O)C1CCN(C(=O)C(=N)OC(=N)Nc2ncnc3c2CCN(c2ccc(C#N)c(C(F)(F)F)c2)C3)CC1. The number of aliphatic hydroxyl groups is 1. The number of rotatable bonds is 3. The molecule has 2 aliphatic rings. The monoisotopic (exact) mass is 558 g/mol. The highest BCUT2D eigenvalue weighted by atomic mass is 19.4. The molecular weight excluding hydrogens is 529 g/mol. The van der Waals surface area contributed by atoms with Crippen molar-refractivity contribution in [3.63, 3.8) is 0 Å².